The third kappa shape index (κ3) is 2.48. The Morgan fingerprint density at radius 3 is 2.76 bits per heavy atom. The van der Waals surface area contributed by atoms with E-state index in [1.165, 1.54) is 18.4 Å². The van der Waals surface area contributed by atoms with Crippen molar-refractivity contribution in [3.63, 3.8) is 0 Å². The molecule has 1 aromatic carbocycles. The van der Waals surface area contributed by atoms with E-state index >= 15 is 0 Å². The number of fused-ring (bicyclic) bond motifs is 1. The van der Waals surface area contributed by atoms with Crippen LogP contribution in [0.4, 0.5) is 5.69 Å². The Hall–Kier alpha value is -1.35. The summed E-state index contributed by atoms with van der Waals surface area (Å²) in [6, 6.07) is 6.09. The van der Waals surface area contributed by atoms with Crippen LogP contribution in [0.3, 0.4) is 0 Å². The highest BCUT2D eigenvalue weighted by Crippen LogP contribution is 2.49. The van der Waals surface area contributed by atoms with E-state index in [1.54, 1.807) is 4.90 Å². The second-order valence-corrected chi connectivity index (χ2v) is 7.27. The molecule has 0 aromatic heterocycles. The zero-order chi connectivity index (χ0) is 15.2. The van der Waals surface area contributed by atoms with E-state index in [2.05, 4.69) is 19.9 Å². The maximum absolute atomic E-state index is 11.7. The van der Waals surface area contributed by atoms with Crippen LogP contribution in [-0.4, -0.2) is 18.1 Å². The van der Waals surface area contributed by atoms with E-state index in [0.29, 0.717) is 12.3 Å². The van der Waals surface area contributed by atoms with E-state index in [1.807, 2.05) is 19.2 Å². The summed E-state index contributed by atoms with van der Waals surface area (Å²) in [5, 5.41) is 10.8. The highest BCUT2D eigenvalue weighted by Gasteiger charge is 2.39. The summed E-state index contributed by atoms with van der Waals surface area (Å²) in [6.45, 7) is 4.53. The summed E-state index contributed by atoms with van der Waals surface area (Å²) in [5.74, 6) is 0.506. The van der Waals surface area contributed by atoms with Crippen molar-refractivity contribution < 1.29 is 9.90 Å². The lowest BCUT2D eigenvalue weighted by Crippen LogP contribution is -2.31. The van der Waals surface area contributed by atoms with E-state index in [-0.39, 0.29) is 11.3 Å². The highest BCUT2D eigenvalue weighted by atomic mass is 16.3. The van der Waals surface area contributed by atoms with Crippen molar-refractivity contribution >= 4 is 11.6 Å². The van der Waals surface area contributed by atoms with Crippen molar-refractivity contribution in [1.82, 2.24) is 0 Å². The molecule has 3 heteroatoms. The van der Waals surface area contributed by atoms with Crippen LogP contribution in [0.15, 0.2) is 18.2 Å². The molecule has 1 saturated carbocycles. The average Bonchev–Trinajstić information content (AvgIpc) is 2.81. The first-order valence-electron chi connectivity index (χ1n) is 7.97. The van der Waals surface area contributed by atoms with Gasteiger partial charge in [-0.15, -0.1) is 0 Å². The summed E-state index contributed by atoms with van der Waals surface area (Å²) in [5.41, 5.74) is 3.40. The largest absolute Gasteiger partial charge is 0.388 e. The summed E-state index contributed by atoms with van der Waals surface area (Å²) < 4.78 is 0. The van der Waals surface area contributed by atoms with Crippen molar-refractivity contribution in [3.8, 4) is 0 Å². The number of hydrogen-bond acceptors (Lipinski definition) is 2. The first kappa shape index (κ1) is 14.6. The average molecular weight is 287 g/mol. The summed E-state index contributed by atoms with van der Waals surface area (Å²) >= 11 is 0. The molecule has 1 heterocycles. The topological polar surface area (TPSA) is 40.5 Å². The number of nitrogens with zero attached hydrogens (tertiary/aromatic N) is 1. The zero-order valence-electron chi connectivity index (χ0n) is 13.2. The lowest BCUT2D eigenvalue weighted by Gasteiger charge is -2.32. The van der Waals surface area contributed by atoms with Crippen LogP contribution in [0.25, 0.3) is 0 Å². The number of carbonyl (C=O) groups excluding carboxylic acids is 1. The highest BCUT2D eigenvalue weighted by molar-refractivity contribution is 5.95. The molecule has 3 nitrogen and oxygen atoms in total. The number of aliphatic hydroxyl groups excluding tert-OH is 1. The number of rotatable bonds is 2. The van der Waals surface area contributed by atoms with Gasteiger partial charge in [0.05, 0.1) is 6.10 Å². The molecule has 21 heavy (non-hydrogen) atoms. The molecule has 0 saturated heterocycles. The fraction of sp³-hybridized carbons (Fsp3) is 0.611. The fourth-order valence-corrected chi connectivity index (χ4v) is 4.03. The Labute approximate surface area is 127 Å². The molecule has 1 amide bonds. The molecule has 114 valence electrons. The van der Waals surface area contributed by atoms with E-state index in [4.69, 9.17) is 0 Å². The van der Waals surface area contributed by atoms with Crippen LogP contribution >= 0.6 is 0 Å². The third-order valence-corrected chi connectivity index (χ3v) is 5.51. The van der Waals surface area contributed by atoms with Gasteiger partial charge in [-0.2, -0.15) is 0 Å². The van der Waals surface area contributed by atoms with Gasteiger partial charge in [-0.05, 0) is 47.8 Å². The van der Waals surface area contributed by atoms with Crippen molar-refractivity contribution in [1.29, 1.82) is 0 Å². The van der Waals surface area contributed by atoms with Gasteiger partial charge < -0.3 is 10.0 Å². The van der Waals surface area contributed by atoms with E-state index in [0.717, 1.165) is 24.1 Å². The molecule has 2 unspecified atom stereocenters. The van der Waals surface area contributed by atoms with Crippen LogP contribution in [0, 0.1) is 11.3 Å². The van der Waals surface area contributed by atoms with Crippen molar-refractivity contribution in [3.05, 3.63) is 29.3 Å². The molecule has 2 aliphatic rings. The minimum absolute atomic E-state index is 0.174. The molecule has 0 spiro atoms. The van der Waals surface area contributed by atoms with Crippen LogP contribution < -0.4 is 4.90 Å². The number of benzene rings is 1. The number of hydrogen-bond donors (Lipinski definition) is 1. The Morgan fingerprint density at radius 1 is 1.33 bits per heavy atom. The van der Waals surface area contributed by atoms with Crippen molar-refractivity contribution in [2.75, 3.05) is 11.9 Å². The third-order valence-electron chi connectivity index (χ3n) is 5.51. The Balaban J connectivity index is 1.89. The molecule has 1 N–H and O–H groups in total. The molecule has 1 aliphatic heterocycles. The van der Waals surface area contributed by atoms with Gasteiger partial charge in [0, 0.05) is 19.2 Å². The molecular formula is C18H25NO2. The van der Waals surface area contributed by atoms with E-state index < -0.39 is 6.10 Å². The van der Waals surface area contributed by atoms with Crippen molar-refractivity contribution in [2.24, 2.45) is 11.3 Å². The number of carbonyl (C=O) groups is 1. The lowest BCUT2D eigenvalue weighted by molar-refractivity contribution is -0.118. The maximum Gasteiger partial charge on any atom is 0.227 e. The summed E-state index contributed by atoms with van der Waals surface area (Å²) in [6.07, 6.45) is 4.46. The van der Waals surface area contributed by atoms with Gasteiger partial charge in [-0.1, -0.05) is 32.4 Å². The minimum Gasteiger partial charge on any atom is -0.388 e. The van der Waals surface area contributed by atoms with Gasteiger partial charge in [-0.3, -0.25) is 4.79 Å². The van der Waals surface area contributed by atoms with Crippen LogP contribution in [0.5, 0.6) is 0 Å². The first-order chi connectivity index (χ1) is 9.90. The zero-order valence-corrected chi connectivity index (χ0v) is 13.2. The molecule has 1 fully saturated rings. The smallest absolute Gasteiger partial charge is 0.227 e. The number of aryl methyl sites for hydroxylation is 1. The molecule has 1 aromatic rings. The normalized spacial score (nSPS) is 25.8. The predicted molar refractivity (Wildman–Crippen MR) is 84.3 cm³/mol. The van der Waals surface area contributed by atoms with E-state index in [9.17, 15) is 9.90 Å². The second-order valence-electron chi connectivity index (χ2n) is 7.27. The van der Waals surface area contributed by atoms with Gasteiger partial charge in [0.25, 0.3) is 0 Å². The lowest BCUT2D eigenvalue weighted by atomic mass is 9.76. The Bertz CT molecular complexity index is 564. The number of aliphatic hydroxyl groups is 1. The number of anilines is 1. The molecule has 2 atom stereocenters. The standard InChI is InChI=1S/C18H25NO2/c1-18(2)10-4-5-14(18)17(21)13-6-8-15-12(11-13)7-9-16(20)19(15)3/h6,8,11,14,17,21H,4-5,7,9-10H2,1-3H3. The quantitative estimate of drug-likeness (QED) is 0.905. The van der Waals surface area contributed by atoms with Gasteiger partial charge in [0.2, 0.25) is 5.91 Å². The first-order valence-corrected chi connectivity index (χ1v) is 7.97. The van der Waals surface area contributed by atoms with Crippen molar-refractivity contribution in [2.45, 2.75) is 52.1 Å². The second kappa shape index (κ2) is 5.13. The molecule has 3 rings (SSSR count). The van der Waals surface area contributed by atoms with Crippen LogP contribution in [0.2, 0.25) is 0 Å². The van der Waals surface area contributed by atoms with Gasteiger partial charge in [0.15, 0.2) is 0 Å². The SMILES string of the molecule is CN1C(=O)CCc2cc(C(O)C3CCCC3(C)C)ccc21. The molecular weight excluding hydrogens is 262 g/mol. The molecule has 0 bridgehead atoms. The number of amides is 1. The van der Waals surface area contributed by atoms with Gasteiger partial charge >= 0.3 is 0 Å². The van der Waals surface area contributed by atoms with Gasteiger partial charge in [0.1, 0.15) is 0 Å². The Kier molecular flexibility index (Phi) is 3.56. The van der Waals surface area contributed by atoms with Crippen LogP contribution in [0.1, 0.15) is 56.8 Å². The fourth-order valence-electron chi connectivity index (χ4n) is 4.03. The Morgan fingerprint density at radius 2 is 2.10 bits per heavy atom. The molecule has 1 aliphatic carbocycles. The maximum atomic E-state index is 11.7. The minimum atomic E-state index is -0.393. The van der Waals surface area contributed by atoms with Crippen LogP contribution in [-0.2, 0) is 11.2 Å². The molecule has 0 radical (unpaired) electrons. The predicted octanol–water partition coefficient (Wildman–Crippen LogP) is 3.46. The summed E-state index contributed by atoms with van der Waals surface area (Å²) in [7, 11) is 1.83. The monoisotopic (exact) mass is 287 g/mol. The van der Waals surface area contributed by atoms with Gasteiger partial charge in [-0.25, -0.2) is 0 Å². The summed E-state index contributed by atoms with van der Waals surface area (Å²) in [4.78, 5) is 13.5.